The van der Waals surface area contributed by atoms with Crippen LogP contribution in [0.25, 0.3) is 0 Å². The van der Waals surface area contributed by atoms with Crippen LogP contribution in [0.3, 0.4) is 0 Å². The molecule has 16 heavy (non-hydrogen) atoms. The van der Waals surface area contributed by atoms with Crippen LogP contribution in [0.2, 0.25) is 0 Å². The minimum atomic E-state index is -0.770. The molecule has 1 amide bonds. The zero-order valence-electron chi connectivity index (χ0n) is 8.72. The maximum absolute atomic E-state index is 11.8. The molecule has 2 heterocycles. The summed E-state index contributed by atoms with van der Waals surface area (Å²) in [7, 11) is 0. The van der Waals surface area contributed by atoms with E-state index in [1.54, 1.807) is 11.0 Å². The number of aromatic amines is 1. The molecule has 1 saturated heterocycles. The van der Waals surface area contributed by atoms with Gasteiger partial charge in [0.15, 0.2) is 0 Å². The number of piperidine rings is 1. The molecule has 6 nitrogen and oxygen atoms in total. The average molecular weight is 223 g/mol. The first kappa shape index (κ1) is 10.7. The number of likely N-dealkylation sites (tertiary alicyclic amines) is 1. The van der Waals surface area contributed by atoms with E-state index in [9.17, 15) is 9.59 Å². The first-order valence-electron chi connectivity index (χ1n) is 5.20. The van der Waals surface area contributed by atoms with Crippen LogP contribution in [0.4, 0.5) is 0 Å². The fourth-order valence-corrected chi connectivity index (χ4v) is 1.87. The van der Waals surface area contributed by atoms with E-state index >= 15 is 0 Å². The second-order valence-corrected chi connectivity index (χ2v) is 3.88. The molecule has 0 radical (unpaired) electrons. The van der Waals surface area contributed by atoms with Crippen molar-refractivity contribution in [1.29, 1.82) is 0 Å². The Morgan fingerprint density at radius 2 is 2.12 bits per heavy atom. The lowest BCUT2D eigenvalue weighted by Gasteiger charge is -2.29. The van der Waals surface area contributed by atoms with Crippen LogP contribution in [-0.2, 0) is 4.79 Å². The number of carbonyl (C=O) groups is 2. The molecule has 0 aromatic carbocycles. The average Bonchev–Trinajstić information content (AvgIpc) is 2.81. The molecule has 0 saturated carbocycles. The van der Waals surface area contributed by atoms with Gasteiger partial charge in [0.1, 0.15) is 5.69 Å². The Morgan fingerprint density at radius 3 is 2.62 bits per heavy atom. The van der Waals surface area contributed by atoms with Crippen LogP contribution in [0.15, 0.2) is 12.3 Å². The largest absolute Gasteiger partial charge is 0.481 e. The summed E-state index contributed by atoms with van der Waals surface area (Å²) < 4.78 is 0. The molecular weight excluding hydrogens is 210 g/mol. The first-order valence-corrected chi connectivity index (χ1v) is 5.20. The highest BCUT2D eigenvalue weighted by atomic mass is 16.4. The number of nitrogens with one attached hydrogen (secondary N) is 1. The number of nitrogens with zero attached hydrogens (tertiary/aromatic N) is 2. The van der Waals surface area contributed by atoms with Crippen LogP contribution >= 0.6 is 0 Å². The van der Waals surface area contributed by atoms with Crippen molar-refractivity contribution in [3.63, 3.8) is 0 Å². The molecule has 0 bridgehead atoms. The number of H-pyrrole nitrogens is 1. The number of aromatic nitrogens is 2. The topological polar surface area (TPSA) is 86.3 Å². The van der Waals surface area contributed by atoms with Gasteiger partial charge in [0.2, 0.25) is 0 Å². The highest BCUT2D eigenvalue weighted by Crippen LogP contribution is 2.18. The lowest BCUT2D eigenvalue weighted by Crippen LogP contribution is -2.40. The summed E-state index contributed by atoms with van der Waals surface area (Å²) in [6.07, 6.45) is 2.57. The normalized spacial score (nSPS) is 17.4. The third-order valence-electron chi connectivity index (χ3n) is 2.86. The summed E-state index contributed by atoms with van der Waals surface area (Å²) >= 11 is 0. The monoisotopic (exact) mass is 223 g/mol. The Balaban J connectivity index is 1.94. The lowest BCUT2D eigenvalue weighted by molar-refractivity contribution is -0.143. The van der Waals surface area contributed by atoms with Gasteiger partial charge in [-0.25, -0.2) is 0 Å². The second-order valence-electron chi connectivity index (χ2n) is 3.88. The number of hydrogen-bond donors (Lipinski definition) is 2. The van der Waals surface area contributed by atoms with Crippen molar-refractivity contribution in [3.05, 3.63) is 18.0 Å². The van der Waals surface area contributed by atoms with Crippen molar-refractivity contribution < 1.29 is 14.7 Å². The van der Waals surface area contributed by atoms with Crippen molar-refractivity contribution in [2.24, 2.45) is 5.92 Å². The van der Waals surface area contributed by atoms with Crippen LogP contribution < -0.4 is 0 Å². The summed E-state index contributed by atoms with van der Waals surface area (Å²) in [5.74, 6) is -1.19. The van der Waals surface area contributed by atoms with Gasteiger partial charge in [-0.05, 0) is 18.9 Å². The van der Waals surface area contributed by atoms with Crippen molar-refractivity contribution in [3.8, 4) is 0 Å². The summed E-state index contributed by atoms with van der Waals surface area (Å²) in [5.41, 5.74) is 0.453. The molecular formula is C10H13N3O3. The molecule has 2 rings (SSSR count). The number of carbonyl (C=O) groups excluding carboxylic acids is 1. The molecule has 86 valence electrons. The second kappa shape index (κ2) is 4.34. The molecule has 1 aliphatic rings. The van der Waals surface area contributed by atoms with E-state index in [1.807, 2.05) is 0 Å². The van der Waals surface area contributed by atoms with Gasteiger partial charge in [-0.2, -0.15) is 5.10 Å². The molecule has 0 atom stereocenters. The molecule has 2 N–H and O–H groups in total. The Kier molecular flexibility index (Phi) is 2.89. The molecule has 0 unspecified atom stereocenters. The smallest absolute Gasteiger partial charge is 0.306 e. The van der Waals surface area contributed by atoms with Crippen LogP contribution in [0.5, 0.6) is 0 Å². The summed E-state index contributed by atoms with van der Waals surface area (Å²) in [6, 6.07) is 1.62. The molecule has 1 fully saturated rings. The van der Waals surface area contributed by atoms with Gasteiger partial charge in [-0.15, -0.1) is 0 Å². The van der Waals surface area contributed by atoms with Gasteiger partial charge in [-0.1, -0.05) is 0 Å². The fraction of sp³-hybridized carbons (Fsp3) is 0.500. The van der Waals surface area contributed by atoms with Gasteiger partial charge in [-0.3, -0.25) is 14.7 Å². The predicted octanol–water partition coefficient (Wildman–Crippen LogP) is 0.347. The highest BCUT2D eigenvalue weighted by Gasteiger charge is 2.27. The Bertz CT molecular complexity index is 380. The van der Waals surface area contributed by atoms with Gasteiger partial charge in [0, 0.05) is 19.3 Å². The minimum Gasteiger partial charge on any atom is -0.481 e. The molecule has 1 aromatic heterocycles. The maximum atomic E-state index is 11.8. The molecule has 0 aliphatic carbocycles. The summed E-state index contributed by atoms with van der Waals surface area (Å²) in [5, 5.41) is 15.2. The SMILES string of the molecule is O=C(O)C1CCN(C(=O)c2ccn[nH]2)CC1. The molecule has 1 aliphatic heterocycles. The number of carboxylic acid groups (broad SMARTS) is 1. The van der Waals surface area contributed by atoms with Crippen LogP contribution in [-0.4, -0.2) is 45.2 Å². The number of amides is 1. The molecule has 6 heteroatoms. The van der Waals surface area contributed by atoms with Gasteiger partial charge < -0.3 is 10.0 Å². The number of rotatable bonds is 2. The molecule has 0 spiro atoms. The fourth-order valence-electron chi connectivity index (χ4n) is 1.87. The Hall–Kier alpha value is -1.85. The van der Waals surface area contributed by atoms with E-state index in [4.69, 9.17) is 5.11 Å². The van der Waals surface area contributed by atoms with E-state index in [0.717, 1.165) is 0 Å². The van der Waals surface area contributed by atoms with Crippen molar-refractivity contribution in [2.45, 2.75) is 12.8 Å². The lowest BCUT2D eigenvalue weighted by atomic mass is 9.97. The minimum absolute atomic E-state index is 0.110. The zero-order chi connectivity index (χ0) is 11.5. The third-order valence-corrected chi connectivity index (χ3v) is 2.86. The highest BCUT2D eigenvalue weighted by molar-refractivity contribution is 5.92. The zero-order valence-corrected chi connectivity index (χ0v) is 8.72. The summed E-state index contributed by atoms with van der Waals surface area (Å²) in [6.45, 7) is 0.990. The van der Waals surface area contributed by atoms with Crippen molar-refractivity contribution >= 4 is 11.9 Å². The standard InChI is InChI=1S/C10H13N3O3/c14-9(8-1-4-11-12-8)13-5-2-7(3-6-13)10(15)16/h1,4,7H,2-3,5-6H2,(H,11,12)(H,15,16). The quantitative estimate of drug-likeness (QED) is 0.757. The van der Waals surface area contributed by atoms with E-state index in [1.165, 1.54) is 6.20 Å². The van der Waals surface area contributed by atoms with E-state index < -0.39 is 5.97 Å². The van der Waals surface area contributed by atoms with E-state index in [-0.39, 0.29) is 11.8 Å². The first-order chi connectivity index (χ1) is 7.68. The van der Waals surface area contributed by atoms with Gasteiger partial charge in [0.25, 0.3) is 5.91 Å². The van der Waals surface area contributed by atoms with E-state index in [0.29, 0.717) is 31.6 Å². The number of aliphatic carboxylic acids is 1. The Labute approximate surface area is 92.3 Å². The van der Waals surface area contributed by atoms with Crippen molar-refractivity contribution in [1.82, 2.24) is 15.1 Å². The Morgan fingerprint density at radius 1 is 1.44 bits per heavy atom. The van der Waals surface area contributed by atoms with E-state index in [2.05, 4.69) is 10.2 Å². The third kappa shape index (κ3) is 2.05. The summed E-state index contributed by atoms with van der Waals surface area (Å²) in [4.78, 5) is 24.2. The van der Waals surface area contributed by atoms with Crippen LogP contribution in [0.1, 0.15) is 23.3 Å². The predicted molar refractivity (Wildman–Crippen MR) is 54.9 cm³/mol. The van der Waals surface area contributed by atoms with Gasteiger partial charge in [0.05, 0.1) is 5.92 Å². The molecule has 1 aromatic rings. The van der Waals surface area contributed by atoms with Crippen molar-refractivity contribution in [2.75, 3.05) is 13.1 Å². The van der Waals surface area contributed by atoms with Gasteiger partial charge >= 0.3 is 5.97 Å². The number of hydrogen-bond acceptors (Lipinski definition) is 3. The maximum Gasteiger partial charge on any atom is 0.306 e. The van der Waals surface area contributed by atoms with Crippen LogP contribution in [0, 0.1) is 5.92 Å². The number of carboxylic acids is 1.